The maximum Gasteiger partial charge on any atom is 0.125 e. The molecule has 0 saturated heterocycles. The fraction of sp³-hybridized carbons (Fsp3) is 0.812. The molecule has 0 unspecified atom stereocenters. The summed E-state index contributed by atoms with van der Waals surface area (Å²) in [4.78, 5) is 6.42. The monoisotopic (exact) mass is 296 g/mol. The minimum absolute atomic E-state index is 0.183. The maximum atomic E-state index is 5.84. The largest absolute Gasteiger partial charge is 0.371 e. The SMILES string of the molecule is CCCNCc1sc(C(CC)(CC)OC)nc1C1CC1. The Labute approximate surface area is 127 Å². The molecular weight excluding hydrogens is 268 g/mol. The van der Waals surface area contributed by atoms with Crippen LogP contribution in [0.3, 0.4) is 0 Å². The predicted octanol–water partition coefficient (Wildman–Crippen LogP) is 4.18. The van der Waals surface area contributed by atoms with Crippen LogP contribution in [0.2, 0.25) is 0 Å². The number of hydrogen-bond donors (Lipinski definition) is 1. The molecule has 1 aliphatic rings. The van der Waals surface area contributed by atoms with Gasteiger partial charge in [0.1, 0.15) is 10.6 Å². The van der Waals surface area contributed by atoms with E-state index in [0.29, 0.717) is 5.92 Å². The Balaban J connectivity index is 2.23. The number of thiazole rings is 1. The highest BCUT2D eigenvalue weighted by Gasteiger charge is 2.36. The van der Waals surface area contributed by atoms with Crippen LogP contribution in [0.4, 0.5) is 0 Å². The molecule has 114 valence electrons. The van der Waals surface area contributed by atoms with Crippen LogP contribution in [0.5, 0.6) is 0 Å². The van der Waals surface area contributed by atoms with Gasteiger partial charge < -0.3 is 10.1 Å². The standard InChI is InChI=1S/C16H28N2OS/c1-5-10-17-11-13-14(12-8-9-12)18-15(20-13)16(6-2,7-3)19-4/h12,17H,5-11H2,1-4H3. The molecule has 0 radical (unpaired) electrons. The third kappa shape index (κ3) is 3.23. The van der Waals surface area contributed by atoms with E-state index in [1.165, 1.54) is 34.8 Å². The second-order valence-corrected chi connectivity index (χ2v) is 6.77. The van der Waals surface area contributed by atoms with E-state index in [9.17, 15) is 0 Å². The Morgan fingerprint density at radius 3 is 2.50 bits per heavy atom. The smallest absolute Gasteiger partial charge is 0.125 e. The van der Waals surface area contributed by atoms with Crippen molar-refractivity contribution in [3.05, 3.63) is 15.6 Å². The molecule has 3 nitrogen and oxygen atoms in total. The molecule has 1 aromatic heterocycles. The van der Waals surface area contributed by atoms with Gasteiger partial charge in [-0.1, -0.05) is 20.8 Å². The number of nitrogens with one attached hydrogen (secondary N) is 1. The summed E-state index contributed by atoms with van der Waals surface area (Å²) in [7, 11) is 1.82. The van der Waals surface area contributed by atoms with E-state index in [2.05, 4.69) is 26.1 Å². The number of aromatic nitrogens is 1. The molecular formula is C16H28N2OS. The van der Waals surface area contributed by atoms with Crippen molar-refractivity contribution in [1.82, 2.24) is 10.3 Å². The van der Waals surface area contributed by atoms with Crippen molar-refractivity contribution in [2.75, 3.05) is 13.7 Å². The Kier molecular flexibility index (Phi) is 5.58. The molecule has 1 aromatic rings. The first-order chi connectivity index (χ1) is 9.70. The summed E-state index contributed by atoms with van der Waals surface area (Å²) in [5.74, 6) is 0.710. The molecule has 0 spiro atoms. The molecule has 0 aromatic carbocycles. The molecule has 0 aliphatic heterocycles. The molecule has 1 saturated carbocycles. The van der Waals surface area contributed by atoms with Crippen molar-refractivity contribution in [2.45, 2.75) is 70.9 Å². The summed E-state index contributed by atoms with van der Waals surface area (Å²) in [6.07, 6.45) is 5.76. The lowest BCUT2D eigenvalue weighted by atomic mass is 9.98. The van der Waals surface area contributed by atoms with Crippen LogP contribution in [0.25, 0.3) is 0 Å². The zero-order chi connectivity index (χ0) is 14.6. The summed E-state index contributed by atoms with van der Waals surface area (Å²) in [5, 5.41) is 4.70. The van der Waals surface area contributed by atoms with Crippen LogP contribution in [0, 0.1) is 0 Å². The summed E-state index contributed by atoms with van der Waals surface area (Å²) in [5.41, 5.74) is 1.16. The van der Waals surface area contributed by atoms with E-state index in [1.54, 1.807) is 0 Å². The molecule has 1 fully saturated rings. The topological polar surface area (TPSA) is 34.1 Å². The molecule has 0 bridgehead atoms. The lowest BCUT2D eigenvalue weighted by Gasteiger charge is -2.27. The average molecular weight is 296 g/mol. The number of methoxy groups -OCH3 is 1. The van der Waals surface area contributed by atoms with Crippen LogP contribution in [0.15, 0.2) is 0 Å². The summed E-state index contributed by atoms with van der Waals surface area (Å²) >= 11 is 1.86. The fourth-order valence-electron chi connectivity index (χ4n) is 2.67. The molecule has 1 heterocycles. The Hall–Kier alpha value is -0.450. The second kappa shape index (κ2) is 7.01. The van der Waals surface area contributed by atoms with Crippen molar-refractivity contribution >= 4 is 11.3 Å². The van der Waals surface area contributed by atoms with Crippen LogP contribution in [0.1, 0.15) is 74.4 Å². The number of rotatable bonds is 9. The van der Waals surface area contributed by atoms with Crippen molar-refractivity contribution in [3.8, 4) is 0 Å². The molecule has 0 atom stereocenters. The fourth-order valence-corrected chi connectivity index (χ4v) is 4.09. The van der Waals surface area contributed by atoms with Crippen LogP contribution in [-0.4, -0.2) is 18.6 Å². The van der Waals surface area contributed by atoms with Gasteiger partial charge in [0.2, 0.25) is 0 Å². The Morgan fingerprint density at radius 2 is 2.00 bits per heavy atom. The zero-order valence-electron chi connectivity index (χ0n) is 13.3. The van der Waals surface area contributed by atoms with Gasteiger partial charge >= 0.3 is 0 Å². The lowest BCUT2D eigenvalue weighted by Crippen LogP contribution is -2.26. The van der Waals surface area contributed by atoms with E-state index in [4.69, 9.17) is 9.72 Å². The van der Waals surface area contributed by atoms with Gasteiger partial charge in [-0.3, -0.25) is 0 Å². The first kappa shape index (κ1) is 15.9. The molecule has 20 heavy (non-hydrogen) atoms. The van der Waals surface area contributed by atoms with Crippen LogP contribution in [-0.2, 0) is 16.9 Å². The maximum absolute atomic E-state index is 5.84. The normalized spacial score (nSPS) is 15.8. The van der Waals surface area contributed by atoms with Gasteiger partial charge in [0.25, 0.3) is 0 Å². The van der Waals surface area contributed by atoms with Gasteiger partial charge in [-0.15, -0.1) is 11.3 Å². The first-order valence-corrected chi connectivity index (χ1v) is 8.78. The molecule has 1 aliphatic carbocycles. The molecule has 1 N–H and O–H groups in total. The van der Waals surface area contributed by atoms with Gasteiger partial charge in [0.05, 0.1) is 5.69 Å². The quantitative estimate of drug-likeness (QED) is 0.694. The minimum atomic E-state index is -0.183. The molecule has 2 rings (SSSR count). The van der Waals surface area contributed by atoms with E-state index in [0.717, 1.165) is 25.9 Å². The van der Waals surface area contributed by atoms with Gasteiger partial charge in [0, 0.05) is 24.4 Å². The number of ether oxygens (including phenoxy) is 1. The van der Waals surface area contributed by atoms with Crippen molar-refractivity contribution in [2.24, 2.45) is 0 Å². The zero-order valence-corrected chi connectivity index (χ0v) is 14.1. The number of hydrogen-bond acceptors (Lipinski definition) is 4. The summed E-state index contributed by atoms with van der Waals surface area (Å²) in [6, 6.07) is 0. The highest BCUT2D eigenvalue weighted by Crippen LogP contribution is 2.45. The van der Waals surface area contributed by atoms with E-state index in [1.807, 2.05) is 18.4 Å². The molecule has 4 heteroatoms. The van der Waals surface area contributed by atoms with Crippen molar-refractivity contribution < 1.29 is 4.74 Å². The lowest BCUT2D eigenvalue weighted by molar-refractivity contribution is -0.0219. The third-order valence-electron chi connectivity index (χ3n) is 4.33. The van der Waals surface area contributed by atoms with Crippen molar-refractivity contribution in [3.63, 3.8) is 0 Å². The Morgan fingerprint density at radius 1 is 1.30 bits per heavy atom. The van der Waals surface area contributed by atoms with Crippen LogP contribution < -0.4 is 5.32 Å². The van der Waals surface area contributed by atoms with Crippen molar-refractivity contribution in [1.29, 1.82) is 0 Å². The summed E-state index contributed by atoms with van der Waals surface area (Å²) in [6.45, 7) is 8.64. The Bertz CT molecular complexity index is 414. The number of nitrogens with zero attached hydrogens (tertiary/aromatic N) is 1. The van der Waals surface area contributed by atoms with E-state index >= 15 is 0 Å². The average Bonchev–Trinajstić information content (AvgIpc) is 3.23. The van der Waals surface area contributed by atoms with Gasteiger partial charge in [0.15, 0.2) is 0 Å². The molecule has 0 amide bonds. The van der Waals surface area contributed by atoms with E-state index in [-0.39, 0.29) is 5.60 Å². The predicted molar refractivity (Wildman–Crippen MR) is 85.4 cm³/mol. The minimum Gasteiger partial charge on any atom is -0.371 e. The first-order valence-electron chi connectivity index (χ1n) is 7.96. The summed E-state index contributed by atoms with van der Waals surface area (Å²) < 4.78 is 5.84. The van der Waals surface area contributed by atoms with Gasteiger partial charge in [-0.25, -0.2) is 4.98 Å². The van der Waals surface area contributed by atoms with E-state index < -0.39 is 0 Å². The highest BCUT2D eigenvalue weighted by molar-refractivity contribution is 7.11. The van der Waals surface area contributed by atoms with Gasteiger partial charge in [-0.2, -0.15) is 0 Å². The second-order valence-electron chi connectivity index (χ2n) is 5.68. The highest BCUT2D eigenvalue weighted by atomic mass is 32.1. The third-order valence-corrected chi connectivity index (χ3v) is 5.58. The van der Waals surface area contributed by atoms with Crippen LogP contribution >= 0.6 is 11.3 Å². The van der Waals surface area contributed by atoms with Gasteiger partial charge in [-0.05, 0) is 38.6 Å².